The monoisotopic (exact) mass is 310 g/mol. The molecule has 0 bridgehead atoms. The van der Waals surface area contributed by atoms with Crippen molar-refractivity contribution in [2.45, 2.75) is 0 Å². The molecule has 0 fully saturated rings. The Morgan fingerprint density at radius 3 is 2.26 bits per heavy atom. The molecule has 3 amide bonds. The molecule has 0 saturated heterocycles. The van der Waals surface area contributed by atoms with Gasteiger partial charge in [0.2, 0.25) is 5.91 Å². The molecule has 0 aliphatic heterocycles. The van der Waals surface area contributed by atoms with E-state index < -0.39 is 0 Å². The summed E-state index contributed by atoms with van der Waals surface area (Å²) < 4.78 is 0. The maximum absolute atomic E-state index is 12.0. The van der Waals surface area contributed by atoms with Crippen molar-refractivity contribution < 1.29 is 9.59 Å². The fourth-order valence-electron chi connectivity index (χ4n) is 1.74. The maximum atomic E-state index is 12.0. The Morgan fingerprint density at radius 2 is 1.65 bits per heavy atom. The number of benzene rings is 1. The maximum Gasteiger partial charge on any atom is 0.321 e. The number of anilines is 2. The summed E-state index contributed by atoms with van der Waals surface area (Å²) in [5, 5.41) is 5.46. The van der Waals surface area contributed by atoms with Crippen molar-refractivity contribution in [1.82, 2.24) is 9.88 Å². The van der Waals surface area contributed by atoms with Gasteiger partial charge in [0.05, 0.1) is 17.1 Å². The third kappa shape index (κ3) is 4.96. The number of rotatable bonds is 4. The van der Waals surface area contributed by atoms with Gasteiger partial charge in [0, 0.05) is 26.4 Å². The highest BCUT2D eigenvalue weighted by Gasteiger charge is 2.09. The minimum Gasteiger partial charge on any atom is -0.331 e. The zero-order valence-corrected chi connectivity index (χ0v) is 13.0. The van der Waals surface area contributed by atoms with Crippen LogP contribution in [-0.2, 0) is 4.79 Å². The number of pyridine rings is 1. The standard InChI is InChI=1S/C17H18N4O2/c1-21(2)17(23)20-15-9-4-3-8-14(15)19-16(22)11-10-13-7-5-6-12-18-13/h3-12H,1-2H3,(H,19,22)(H,20,23)/b11-10+. The Labute approximate surface area is 134 Å². The molecular weight excluding hydrogens is 292 g/mol. The third-order valence-electron chi connectivity index (χ3n) is 2.93. The topological polar surface area (TPSA) is 74.3 Å². The molecule has 0 radical (unpaired) electrons. The van der Waals surface area contributed by atoms with Crippen molar-refractivity contribution in [2.24, 2.45) is 0 Å². The van der Waals surface area contributed by atoms with Crippen LogP contribution in [0.4, 0.5) is 16.2 Å². The Morgan fingerprint density at radius 1 is 1.00 bits per heavy atom. The molecule has 0 atom stereocenters. The fourth-order valence-corrected chi connectivity index (χ4v) is 1.74. The lowest BCUT2D eigenvalue weighted by Crippen LogP contribution is -2.27. The minimum atomic E-state index is -0.304. The van der Waals surface area contributed by atoms with Gasteiger partial charge < -0.3 is 15.5 Å². The quantitative estimate of drug-likeness (QED) is 0.853. The average molecular weight is 310 g/mol. The van der Waals surface area contributed by atoms with Gasteiger partial charge in [-0.1, -0.05) is 18.2 Å². The van der Waals surface area contributed by atoms with Crippen molar-refractivity contribution in [3.8, 4) is 0 Å². The number of amides is 3. The van der Waals surface area contributed by atoms with Gasteiger partial charge in [0.25, 0.3) is 0 Å². The summed E-state index contributed by atoms with van der Waals surface area (Å²) >= 11 is 0. The van der Waals surface area contributed by atoms with Crippen molar-refractivity contribution in [2.75, 3.05) is 24.7 Å². The number of hydrogen-bond donors (Lipinski definition) is 2. The molecule has 6 heteroatoms. The lowest BCUT2D eigenvalue weighted by atomic mass is 10.2. The predicted octanol–water partition coefficient (Wildman–Crippen LogP) is 2.83. The molecule has 0 saturated carbocycles. The van der Waals surface area contributed by atoms with E-state index in [2.05, 4.69) is 15.6 Å². The van der Waals surface area contributed by atoms with Crippen molar-refractivity contribution in [3.05, 3.63) is 60.4 Å². The van der Waals surface area contributed by atoms with Gasteiger partial charge in [-0.05, 0) is 30.3 Å². The fraction of sp³-hybridized carbons (Fsp3) is 0.118. The van der Waals surface area contributed by atoms with E-state index in [4.69, 9.17) is 0 Å². The largest absolute Gasteiger partial charge is 0.331 e. The molecule has 0 aliphatic carbocycles. The second-order valence-electron chi connectivity index (χ2n) is 4.95. The van der Waals surface area contributed by atoms with E-state index in [1.54, 1.807) is 62.8 Å². The summed E-state index contributed by atoms with van der Waals surface area (Å²) in [5.41, 5.74) is 1.75. The van der Waals surface area contributed by atoms with Gasteiger partial charge >= 0.3 is 6.03 Å². The molecular formula is C17H18N4O2. The number of para-hydroxylation sites is 2. The molecule has 2 rings (SSSR count). The Balaban J connectivity index is 2.06. The molecule has 0 unspecified atom stereocenters. The van der Waals surface area contributed by atoms with Gasteiger partial charge in [-0.3, -0.25) is 9.78 Å². The van der Waals surface area contributed by atoms with Crippen LogP contribution in [0, 0.1) is 0 Å². The molecule has 23 heavy (non-hydrogen) atoms. The first-order valence-electron chi connectivity index (χ1n) is 7.03. The van der Waals surface area contributed by atoms with Crippen molar-refractivity contribution >= 4 is 29.4 Å². The SMILES string of the molecule is CN(C)C(=O)Nc1ccccc1NC(=O)/C=C/c1ccccn1. The van der Waals surface area contributed by atoms with Crippen LogP contribution in [0.5, 0.6) is 0 Å². The van der Waals surface area contributed by atoms with E-state index >= 15 is 0 Å². The second kappa shape index (κ2) is 7.74. The molecule has 0 spiro atoms. The van der Waals surface area contributed by atoms with Crippen LogP contribution < -0.4 is 10.6 Å². The van der Waals surface area contributed by atoms with Crippen LogP contribution in [0.15, 0.2) is 54.7 Å². The highest BCUT2D eigenvalue weighted by atomic mass is 16.2. The Bertz CT molecular complexity index is 712. The van der Waals surface area contributed by atoms with Crippen LogP contribution in [0.3, 0.4) is 0 Å². The third-order valence-corrected chi connectivity index (χ3v) is 2.93. The molecule has 0 aliphatic rings. The summed E-state index contributed by atoms with van der Waals surface area (Å²) in [6, 6.07) is 12.2. The van der Waals surface area contributed by atoms with Gasteiger partial charge in [0.1, 0.15) is 0 Å². The smallest absolute Gasteiger partial charge is 0.321 e. The zero-order valence-electron chi connectivity index (χ0n) is 13.0. The van der Waals surface area contributed by atoms with Gasteiger partial charge in [-0.2, -0.15) is 0 Å². The average Bonchev–Trinajstić information content (AvgIpc) is 2.55. The molecule has 2 N–H and O–H groups in total. The molecule has 1 aromatic heterocycles. The summed E-state index contributed by atoms with van der Waals surface area (Å²) in [4.78, 5) is 29.3. The first-order valence-corrected chi connectivity index (χ1v) is 7.03. The van der Waals surface area contributed by atoms with E-state index in [0.29, 0.717) is 17.1 Å². The zero-order chi connectivity index (χ0) is 16.7. The molecule has 6 nitrogen and oxygen atoms in total. The minimum absolute atomic E-state index is 0.268. The summed E-state index contributed by atoms with van der Waals surface area (Å²) in [6.45, 7) is 0. The van der Waals surface area contributed by atoms with Gasteiger partial charge in [0.15, 0.2) is 0 Å². The number of carbonyl (C=O) groups excluding carboxylic acids is 2. The van der Waals surface area contributed by atoms with Crippen molar-refractivity contribution in [3.63, 3.8) is 0 Å². The van der Waals surface area contributed by atoms with Crippen LogP contribution >= 0.6 is 0 Å². The second-order valence-corrected chi connectivity index (χ2v) is 4.95. The molecule has 2 aromatic rings. The Kier molecular flexibility index (Phi) is 5.46. The van der Waals surface area contributed by atoms with Gasteiger partial charge in [-0.15, -0.1) is 0 Å². The summed E-state index contributed by atoms with van der Waals surface area (Å²) in [6.07, 6.45) is 4.67. The lowest BCUT2D eigenvalue weighted by molar-refractivity contribution is -0.111. The van der Waals surface area contributed by atoms with E-state index in [0.717, 1.165) is 0 Å². The van der Waals surface area contributed by atoms with Crippen molar-refractivity contribution in [1.29, 1.82) is 0 Å². The van der Waals surface area contributed by atoms with E-state index in [1.807, 2.05) is 6.07 Å². The van der Waals surface area contributed by atoms with Crippen LogP contribution in [0.2, 0.25) is 0 Å². The first kappa shape index (κ1) is 16.2. The van der Waals surface area contributed by atoms with E-state index in [-0.39, 0.29) is 11.9 Å². The summed E-state index contributed by atoms with van der Waals surface area (Å²) in [7, 11) is 3.29. The Hall–Kier alpha value is -3.15. The van der Waals surface area contributed by atoms with E-state index in [1.165, 1.54) is 11.0 Å². The highest BCUT2D eigenvalue weighted by molar-refractivity contribution is 6.05. The van der Waals surface area contributed by atoms with Crippen LogP contribution in [-0.4, -0.2) is 35.9 Å². The lowest BCUT2D eigenvalue weighted by Gasteiger charge is -2.15. The number of nitrogens with zero attached hydrogens (tertiary/aromatic N) is 2. The highest BCUT2D eigenvalue weighted by Crippen LogP contribution is 2.21. The number of aromatic nitrogens is 1. The van der Waals surface area contributed by atoms with Gasteiger partial charge in [-0.25, -0.2) is 4.79 Å². The number of hydrogen-bond acceptors (Lipinski definition) is 3. The van der Waals surface area contributed by atoms with Crippen LogP contribution in [0.25, 0.3) is 6.08 Å². The number of nitrogens with one attached hydrogen (secondary N) is 2. The molecule has 1 heterocycles. The first-order chi connectivity index (χ1) is 11.1. The number of urea groups is 1. The van der Waals surface area contributed by atoms with E-state index in [9.17, 15) is 9.59 Å². The predicted molar refractivity (Wildman–Crippen MR) is 91.0 cm³/mol. The normalized spacial score (nSPS) is 10.3. The number of carbonyl (C=O) groups is 2. The van der Waals surface area contributed by atoms with Crippen LogP contribution in [0.1, 0.15) is 5.69 Å². The summed E-state index contributed by atoms with van der Waals surface area (Å²) in [5.74, 6) is -0.304. The molecule has 118 valence electrons. The molecule has 1 aromatic carbocycles.